The molecule has 0 spiro atoms. The van der Waals surface area contributed by atoms with Crippen molar-refractivity contribution in [2.45, 2.75) is 48.4 Å². The van der Waals surface area contributed by atoms with Gasteiger partial charge in [0, 0.05) is 21.8 Å². The lowest BCUT2D eigenvalue weighted by molar-refractivity contribution is 0.645. The van der Waals surface area contributed by atoms with Crippen LogP contribution < -0.4 is 5.73 Å². The molecule has 0 saturated carbocycles. The Labute approximate surface area is 136 Å². The van der Waals surface area contributed by atoms with Gasteiger partial charge in [0.2, 0.25) is 0 Å². The minimum absolute atomic E-state index is 0.222. The largest absolute Gasteiger partial charge is 0.327 e. The van der Waals surface area contributed by atoms with Crippen molar-refractivity contribution in [1.82, 2.24) is 9.36 Å². The van der Waals surface area contributed by atoms with E-state index in [0.717, 1.165) is 33.9 Å². The molecule has 2 aromatic rings. The number of benzene rings is 1. The fourth-order valence-electron chi connectivity index (χ4n) is 1.71. The second-order valence-corrected chi connectivity index (χ2v) is 7.48. The molecule has 20 heavy (non-hydrogen) atoms. The zero-order chi connectivity index (χ0) is 14.5. The lowest BCUT2D eigenvalue weighted by Gasteiger charge is -2.11. The standard InChI is InChI=1S/C14H18BrN3S2/c1-3-10(16)7-9-5-6-11(8-12(9)15)19-14-17-13(4-2)18-20-14/h5-6,8,10H,3-4,7,16H2,1-2H3. The van der Waals surface area contributed by atoms with Crippen LogP contribution in [-0.4, -0.2) is 15.4 Å². The first-order chi connectivity index (χ1) is 9.62. The molecule has 1 unspecified atom stereocenters. The van der Waals surface area contributed by atoms with Crippen LogP contribution in [0.5, 0.6) is 0 Å². The van der Waals surface area contributed by atoms with E-state index in [1.54, 1.807) is 11.8 Å². The van der Waals surface area contributed by atoms with Crippen LogP contribution in [-0.2, 0) is 12.8 Å². The Morgan fingerprint density at radius 2 is 2.20 bits per heavy atom. The van der Waals surface area contributed by atoms with Gasteiger partial charge < -0.3 is 5.73 Å². The normalized spacial score (nSPS) is 12.6. The first kappa shape index (κ1) is 15.9. The quantitative estimate of drug-likeness (QED) is 0.822. The molecule has 1 atom stereocenters. The van der Waals surface area contributed by atoms with Gasteiger partial charge in [-0.25, -0.2) is 4.98 Å². The van der Waals surface area contributed by atoms with Crippen LogP contribution in [0, 0.1) is 0 Å². The Kier molecular flexibility index (Phi) is 6.01. The zero-order valence-corrected chi connectivity index (χ0v) is 14.8. The monoisotopic (exact) mass is 371 g/mol. The van der Waals surface area contributed by atoms with Crippen LogP contribution in [0.15, 0.2) is 31.9 Å². The van der Waals surface area contributed by atoms with Crippen molar-refractivity contribution in [3.05, 3.63) is 34.1 Å². The highest BCUT2D eigenvalue weighted by molar-refractivity contribution is 9.10. The minimum Gasteiger partial charge on any atom is -0.327 e. The van der Waals surface area contributed by atoms with E-state index in [2.05, 4.69) is 57.3 Å². The predicted octanol–water partition coefficient (Wildman–Crippen LogP) is 4.29. The van der Waals surface area contributed by atoms with Crippen molar-refractivity contribution >= 4 is 39.2 Å². The van der Waals surface area contributed by atoms with Crippen LogP contribution in [0.4, 0.5) is 0 Å². The topological polar surface area (TPSA) is 51.8 Å². The summed E-state index contributed by atoms with van der Waals surface area (Å²) in [5, 5.41) is 0. The smallest absolute Gasteiger partial charge is 0.174 e. The van der Waals surface area contributed by atoms with Gasteiger partial charge in [-0.2, -0.15) is 4.37 Å². The molecule has 0 fully saturated rings. The Hall–Kier alpha value is -0.430. The second-order valence-electron chi connectivity index (χ2n) is 4.56. The fourth-order valence-corrected chi connectivity index (χ4v) is 4.11. The summed E-state index contributed by atoms with van der Waals surface area (Å²) in [7, 11) is 0. The first-order valence-electron chi connectivity index (χ1n) is 6.66. The van der Waals surface area contributed by atoms with Crippen LogP contribution in [0.2, 0.25) is 0 Å². The molecule has 0 radical (unpaired) electrons. The molecule has 6 heteroatoms. The molecule has 3 nitrogen and oxygen atoms in total. The minimum atomic E-state index is 0.222. The van der Waals surface area contributed by atoms with Crippen molar-refractivity contribution in [2.75, 3.05) is 0 Å². The third kappa shape index (κ3) is 4.28. The number of rotatable bonds is 6. The van der Waals surface area contributed by atoms with E-state index in [-0.39, 0.29) is 6.04 Å². The molecular weight excluding hydrogens is 354 g/mol. The van der Waals surface area contributed by atoms with E-state index in [4.69, 9.17) is 5.73 Å². The van der Waals surface area contributed by atoms with Gasteiger partial charge in [-0.3, -0.25) is 0 Å². The van der Waals surface area contributed by atoms with Gasteiger partial charge in [0.15, 0.2) is 4.34 Å². The molecule has 108 valence electrons. The van der Waals surface area contributed by atoms with Gasteiger partial charge in [-0.15, -0.1) is 0 Å². The summed E-state index contributed by atoms with van der Waals surface area (Å²) in [6.45, 7) is 4.18. The summed E-state index contributed by atoms with van der Waals surface area (Å²) < 4.78 is 6.41. The molecule has 0 aliphatic heterocycles. The van der Waals surface area contributed by atoms with Gasteiger partial charge in [-0.05, 0) is 42.1 Å². The van der Waals surface area contributed by atoms with E-state index in [0.29, 0.717) is 0 Å². The summed E-state index contributed by atoms with van der Waals surface area (Å²) in [6, 6.07) is 6.62. The highest BCUT2D eigenvalue weighted by Gasteiger charge is 2.09. The molecule has 0 amide bonds. The van der Waals surface area contributed by atoms with Crippen LogP contribution in [0.3, 0.4) is 0 Å². The van der Waals surface area contributed by atoms with E-state index in [1.165, 1.54) is 22.0 Å². The van der Waals surface area contributed by atoms with Gasteiger partial charge in [0.05, 0.1) is 0 Å². The summed E-state index contributed by atoms with van der Waals surface area (Å²) in [5.41, 5.74) is 7.27. The van der Waals surface area contributed by atoms with Crippen molar-refractivity contribution in [3.63, 3.8) is 0 Å². The number of aryl methyl sites for hydroxylation is 1. The first-order valence-corrected chi connectivity index (χ1v) is 9.05. The third-order valence-electron chi connectivity index (χ3n) is 3.00. The SMILES string of the molecule is CCc1nsc(Sc2ccc(CC(N)CC)c(Br)c2)n1. The molecule has 1 aromatic carbocycles. The van der Waals surface area contributed by atoms with Gasteiger partial charge >= 0.3 is 0 Å². The second kappa shape index (κ2) is 7.54. The Morgan fingerprint density at radius 3 is 2.80 bits per heavy atom. The number of halogens is 1. The van der Waals surface area contributed by atoms with Gasteiger partial charge in [0.1, 0.15) is 5.82 Å². The van der Waals surface area contributed by atoms with Crippen molar-refractivity contribution in [2.24, 2.45) is 5.73 Å². The number of aromatic nitrogens is 2. The van der Waals surface area contributed by atoms with Gasteiger partial charge in [0.25, 0.3) is 0 Å². The summed E-state index contributed by atoms with van der Waals surface area (Å²) >= 11 is 6.75. The average Bonchev–Trinajstić information content (AvgIpc) is 2.89. The van der Waals surface area contributed by atoms with Crippen molar-refractivity contribution in [3.8, 4) is 0 Å². The molecule has 2 rings (SSSR count). The number of hydrogen-bond acceptors (Lipinski definition) is 5. The number of nitrogens with zero attached hydrogens (tertiary/aromatic N) is 2. The van der Waals surface area contributed by atoms with Crippen molar-refractivity contribution in [1.29, 1.82) is 0 Å². The lowest BCUT2D eigenvalue weighted by atomic mass is 10.1. The van der Waals surface area contributed by atoms with E-state index >= 15 is 0 Å². The molecule has 1 aromatic heterocycles. The third-order valence-corrected chi connectivity index (χ3v) is 5.52. The van der Waals surface area contributed by atoms with Crippen LogP contribution in [0.1, 0.15) is 31.7 Å². The molecular formula is C14H18BrN3S2. The maximum Gasteiger partial charge on any atom is 0.174 e. The highest BCUT2D eigenvalue weighted by atomic mass is 79.9. The zero-order valence-electron chi connectivity index (χ0n) is 11.6. The Balaban J connectivity index is 2.08. The lowest BCUT2D eigenvalue weighted by Crippen LogP contribution is -2.21. The summed E-state index contributed by atoms with van der Waals surface area (Å²) in [6.07, 6.45) is 2.78. The molecule has 0 aliphatic carbocycles. The molecule has 0 aliphatic rings. The van der Waals surface area contributed by atoms with Crippen LogP contribution in [0.25, 0.3) is 0 Å². The molecule has 2 N–H and O–H groups in total. The summed E-state index contributed by atoms with van der Waals surface area (Å²) in [5.74, 6) is 0.919. The maximum atomic E-state index is 6.01. The van der Waals surface area contributed by atoms with Gasteiger partial charge in [-0.1, -0.05) is 47.6 Å². The molecule has 0 bridgehead atoms. The summed E-state index contributed by atoms with van der Waals surface area (Å²) in [4.78, 5) is 5.64. The average molecular weight is 372 g/mol. The molecule has 1 heterocycles. The van der Waals surface area contributed by atoms with E-state index < -0.39 is 0 Å². The Morgan fingerprint density at radius 1 is 1.40 bits per heavy atom. The van der Waals surface area contributed by atoms with Crippen molar-refractivity contribution < 1.29 is 0 Å². The fraction of sp³-hybridized carbons (Fsp3) is 0.429. The Bertz CT molecular complexity index is 571. The van der Waals surface area contributed by atoms with Crippen LogP contribution >= 0.6 is 39.2 Å². The number of nitrogens with two attached hydrogens (primary N) is 1. The highest BCUT2D eigenvalue weighted by Crippen LogP contribution is 2.32. The number of hydrogen-bond donors (Lipinski definition) is 1. The van der Waals surface area contributed by atoms with E-state index in [9.17, 15) is 0 Å². The predicted molar refractivity (Wildman–Crippen MR) is 89.5 cm³/mol. The maximum absolute atomic E-state index is 6.01. The van der Waals surface area contributed by atoms with E-state index in [1.807, 2.05) is 0 Å². The molecule has 0 saturated heterocycles.